The van der Waals surface area contributed by atoms with Gasteiger partial charge in [-0.3, -0.25) is 10.1 Å². The number of thiophene rings is 1. The summed E-state index contributed by atoms with van der Waals surface area (Å²) in [6.45, 7) is 6.83. The van der Waals surface area contributed by atoms with Crippen molar-refractivity contribution in [3.05, 3.63) is 21.9 Å². The van der Waals surface area contributed by atoms with Crippen LogP contribution in [0.4, 0.5) is 0 Å². The number of ether oxygens (including phenoxy) is 1. The zero-order valence-corrected chi connectivity index (χ0v) is 13.5. The third-order valence-electron chi connectivity index (χ3n) is 3.85. The van der Waals surface area contributed by atoms with Crippen LogP contribution in [-0.2, 0) is 9.53 Å². The van der Waals surface area contributed by atoms with Gasteiger partial charge in [-0.05, 0) is 31.9 Å². The molecule has 0 aromatic carbocycles. The maximum atomic E-state index is 12.6. The van der Waals surface area contributed by atoms with Gasteiger partial charge in [-0.15, -0.1) is 11.3 Å². The zero-order valence-electron chi connectivity index (χ0n) is 12.7. The molecule has 0 spiro atoms. The lowest BCUT2D eigenvalue weighted by molar-refractivity contribution is -0.133. The molecule has 2 rings (SSSR count). The topological polar surface area (TPSA) is 41.6 Å². The maximum absolute atomic E-state index is 12.6. The number of carbonyl (C=O) groups is 1. The molecule has 1 saturated heterocycles. The number of methoxy groups -OCH3 is 1. The van der Waals surface area contributed by atoms with E-state index in [0.717, 1.165) is 12.8 Å². The largest absolute Gasteiger partial charge is 0.383 e. The van der Waals surface area contributed by atoms with Gasteiger partial charge in [-0.25, -0.2) is 0 Å². The van der Waals surface area contributed by atoms with Crippen molar-refractivity contribution in [1.29, 1.82) is 0 Å². The molecule has 1 amide bonds. The Hall–Kier alpha value is -0.910. The van der Waals surface area contributed by atoms with E-state index in [1.807, 2.05) is 11.8 Å². The number of rotatable bonds is 6. The summed E-state index contributed by atoms with van der Waals surface area (Å²) in [5.74, 6) is 0.201. The van der Waals surface area contributed by atoms with E-state index in [2.05, 4.69) is 31.3 Å². The highest BCUT2D eigenvalue weighted by atomic mass is 32.1. The molecule has 1 N–H and O–H groups in total. The minimum Gasteiger partial charge on any atom is -0.383 e. The molecule has 3 atom stereocenters. The Morgan fingerprint density at radius 3 is 2.70 bits per heavy atom. The first-order valence-electron chi connectivity index (χ1n) is 7.25. The van der Waals surface area contributed by atoms with Crippen LogP contribution in [0, 0.1) is 6.92 Å². The molecule has 0 aliphatic carbocycles. The molecule has 1 aromatic heterocycles. The Morgan fingerprint density at radius 1 is 1.45 bits per heavy atom. The average molecular weight is 296 g/mol. The third kappa shape index (κ3) is 2.90. The van der Waals surface area contributed by atoms with Crippen LogP contribution in [0.15, 0.2) is 12.1 Å². The second-order valence-corrected chi connectivity index (χ2v) is 6.56. The second-order valence-electron chi connectivity index (χ2n) is 5.24. The fourth-order valence-electron chi connectivity index (χ4n) is 2.74. The van der Waals surface area contributed by atoms with Crippen LogP contribution in [0.3, 0.4) is 0 Å². The fraction of sp³-hybridized carbons (Fsp3) is 0.667. The van der Waals surface area contributed by atoms with Gasteiger partial charge in [0.15, 0.2) is 0 Å². The number of carbonyl (C=O) groups excluding carboxylic acids is 1. The molecule has 4 nitrogen and oxygen atoms in total. The first-order chi connectivity index (χ1) is 9.62. The first kappa shape index (κ1) is 15.5. The van der Waals surface area contributed by atoms with Gasteiger partial charge < -0.3 is 9.64 Å². The van der Waals surface area contributed by atoms with E-state index < -0.39 is 0 Å². The first-order valence-corrected chi connectivity index (χ1v) is 8.07. The summed E-state index contributed by atoms with van der Waals surface area (Å²) in [5.41, 5.74) is 0. The number of nitrogens with zero attached hydrogens (tertiary/aromatic N) is 1. The molecule has 2 heterocycles. The van der Waals surface area contributed by atoms with Crippen molar-refractivity contribution in [1.82, 2.24) is 10.2 Å². The van der Waals surface area contributed by atoms with Gasteiger partial charge in [0.05, 0.1) is 18.7 Å². The molecule has 112 valence electrons. The van der Waals surface area contributed by atoms with Gasteiger partial charge in [0.1, 0.15) is 6.17 Å². The van der Waals surface area contributed by atoms with E-state index in [-0.39, 0.29) is 24.2 Å². The number of aryl methyl sites for hydroxylation is 1. The predicted molar refractivity (Wildman–Crippen MR) is 81.8 cm³/mol. The molecule has 0 saturated carbocycles. The van der Waals surface area contributed by atoms with Gasteiger partial charge in [-0.1, -0.05) is 13.8 Å². The monoisotopic (exact) mass is 296 g/mol. The van der Waals surface area contributed by atoms with Crippen LogP contribution in [0.25, 0.3) is 0 Å². The van der Waals surface area contributed by atoms with Crippen LogP contribution in [-0.4, -0.2) is 36.6 Å². The lowest BCUT2D eigenvalue weighted by Crippen LogP contribution is -2.42. The van der Waals surface area contributed by atoms with Gasteiger partial charge in [-0.2, -0.15) is 0 Å². The van der Waals surface area contributed by atoms with Gasteiger partial charge in [0.25, 0.3) is 0 Å². The SMILES string of the molecule is CCC1NC(c2ccc(C)s2)N(C(CC)COC)C1=O. The molecule has 20 heavy (non-hydrogen) atoms. The Balaban J connectivity index is 2.29. The highest BCUT2D eigenvalue weighted by molar-refractivity contribution is 7.12. The summed E-state index contributed by atoms with van der Waals surface area (Å²) in [6, 6.07) is 4.29. The van der Waals surface area contributed by atoms with E-state index in [1.165, 1.54) is 9.75 Å². The van der Waals surface area contributed by atoms with Crippen LogP contribution < -0.4 is 5.32 Å². The summed E-state index contributed by atoms with van der Waals surface area (Å²) in [6.07, 6.45) is 1.71. The van der Waals surface area contributed by atoms with Gasteiger partial charge in [0, 0.05) is 16.9 Å². The highest BCUT2D eigenvalue weighted by Gasteiger charge is 2.42. The van der Waals surface area contributed by atoms with Crippen LogP contribution in [0.2, 0.25) is 0 Å². The van der Waals surface area contributed by atoms with Crippen molar-refractivity contribution >= 4 is 17.2 Å². The lowest BCUT2D eigenvalue weighted by Gasteiger charge is -2.31. The molecule has 1 aliphatic heterocycles. The molecule has 0 radical (unpaired) electrons. The molecule has 5 heteroatoms. The van der Waals surface area contributed by atoms with Crippen molar-refractivity contribution in [2.24, 2.45) is 0 Å². The smallest absolute Gasteiger partial charge is 0.241 e. The second kappa shape index (κ2) is 6.70. The van der Waals surface area contributed by atoms with Crippen LogP contribution >= 0.6 is 11.3 Å². The minimum absolute atomic E-state index is 0.00810. The van der Waals surface area contributed by atoms with E-state index in [4.69, 9.17) is 4.74 Å². The number of amides is 1. The van der Waals surface area contributed by atoms with Crippen molar-refractivity contribution in [2.45, 2.75) is 51.9 Å². The summed E-state index contributed by atoms with van der Waals surface area (Å²) in [7, 11) is 1.69. The van der Waals surface area contributed by atoms with Crippen molar-refractivity contribution < 1.29 is 9.53 Å². The molecule has 1 aromatic rings. The summed E-state index contributed by atoms with van der Waals surface area (Å²) in [4.78, 5) is 17.1. The zero-order chi connectivity index (χ0) is 14.7. The Bertz CT molecular complexity index is 460. The molecule has 1 fully saturated rings. The number of hydrogen-bond donors (Lipinski definition) is 1. The van der Waals surface area contributed by atoms with E-state index in [9.17, 15) is 4.79 Å². The van der Waals surface area contributed by atoms with E-state index >= 15 is 0 Å². The summed E-state index contributed by atoms with van der Waals surface area (Å²) in [5, 5.41) is 3.47. The predicted octanol–water partition coefficient (Wildman–Crippen LogP) is 2.69. The average Bonchev–Trinajstić information content (AvgIpc) is 3.00. The highest BCUT2D eigenvalue weighted by Crippen LogP contribution is 2.33. The standard InChI is InChI=1S/C15H24N2O2S/c1-5-11(9-19-4)17-14(13-8-7-10(3)20-13)16-12(6-2)15(17)18/h7-8,11-12,14,16H,5-6,9H2,1-4H3. The maximum Gasteiger partial charge on any atom is 0.241 e. The molecule has 0 bridgehead atoms. The molecular formula is C15H24N2O2S. The van der Waals surface area contributed by atoms with E-state index in [1.54, 1.807) is 18.4 Å². The molecular weight excluding hydrogens is 272 g/mol. The molecule has 1 aliphatic rings. The van der Waals surface area contributed by atoms with Crippen LogP contribution in [0.1, 0.15) is 42.6 Å². The van der Waals surface area contributed by atoms with Crippen LogP contribution in [0.5, 0.6) is 0 Å². The van der Waals surface area contributed by atoms with Gasteiger partial charge >= 0.3 is 0 Å². The summed E-state index contributed by atoms with van der Waals surface area (Å²) >= 11 is 1.75. The number of hydrogen-bond acceptors (Lipinski definition) is 4. The molecule has 3 unspecified atom stereocenters. The quantitative estimate of drug-likeness (QED) is 0.877. The van der Waals surface area contributed by atoms with Gasteiger partial charge in [0.2, 0.25) is 5.91 Å². The van der Waals surface area contributed by atoms with Crippen molar-refractivity contribution in [2.75, 3.05) is 13.7 Å². The Labute approximate surface area is 125 Å². The van der Waals surface area contributed by atoms with Crippen molar-refractivity contribution in [3.63, 3.8) is 0 Å². The third-order valence-corrected chi connectivity index (χ3v) is 4.91. The van der Waals surface area contributed by atoms with E-state index in [0.29, 0.717) is 6.61 Å². The fourth-order valence-corrected chi connectivity index (χ4v) is 3.68. The Kier molecular flexibility index (Phi) is 5.18. The normalized spacial score (nSPS) is 24.4. The number of nitrogens with one attached hydrogen (secondary N) is 1. The Morgan fingerprint density at radius 2 is 2.20 bits per heavy atom. The lowest BCUT2D eigenvalue weighted by atomic mass is 10.1. The summed E-state index contributed by atoms with van der Waals surface area (Å²) < 4.78 is 5.30. The van der Waals surface area contributed by atoms with Crippen molar-refractivity contribution in [3.8, 4) is 0 Å². The minimum atomic E-state index is -0.0756.